The standard InChI is InChI=1S/C25H26FN5O/c1-16(2)32-22-12-18(26)8-9-21(22)30-25-23-19-14-31(13-17-6-4-3-5-7-17)11-10-20(19)29-24(23)27-15-28-25/h3-9,12,15-16H,10-11,13-14H2,1-2H3,(H2,27,28,29,30). The molecular formula is C25H26FN5O. The van der Waals surface area contributed by atoms with Gasteiger partial charge in [-0.05, 0) is 31.5 Å². The molecule has 164 valence electrons. The highest BCUT2D eigenvalue weighted by Gasteiger charge is 2.24. The van der Waals surface area contributed by atoms with Gasteiger partial charge in [-0.2, -0.15) is 0 Å². The van der Waals surface area contributed by atoms with Crippen LogP contribution >= 0.6 is 0 Å². The quantitative estimate of drug-likeness (QED) is 0.440. The maximum Gasteiger partial charge on any atom is 0.146 e. The maximum atomic E-state index is 13.8. The summed E-state index contributed by atoms with van der Waals surface area (Å²) in [5, 5.41) is 4.34. The van der Waals surface area contributed by atoms with Crippen molar-refractivity contribution in [3.8, 4) is 5.75 Å². The molecule has 0 saturated heterocycles. The van der Waals surface area contributed by atoms with Gasteiger partial charge in [-0.3, -0.25) is 4.90 Å². The van der Waals surface area contributed by atoms with Gasteiger partial charge in [0, 0.05) is 43.4 Å². The van der Waals surface area contributed by atoms with Gasteiger partial charge in [-0.1, -0.05) is 30.3 Å². The molecule has 3 heterocycles. The van der Waals surface area contributed by atoms with Gasteiger partial charge in [0.1, 0.15) is 29.4 Å². The van der Waals surface area contributed by atoms with Crippen molar-refractivity contribution in [2.24, 2.45) is 0 Å². The highest BCUT2D eigenvalue weighted by Crippen LogP contribution is 2.35. The molecule has 0 fully saturated rings. The van der Waals surface area contributed by atoms with Gasteiger partial charge < -0.3 is 15.0 Å². The third kappa shape index (κ3) is 4.16. The second-order valence-corrected chi connectivity index (χ2v) is 8.41. The van der Waals surface area contributed by atoms with Gasteiger partial charge in [-0.15, -0.1) is 0 Å². The van der Waals surface area contributed by atoms with E-state index in [1.807, 2.05) is 19.9 Å². The molecule has 0 atom stereocenters. The second-order valence-electron chi connectivity index (χ2n) is 8.41. The molecule has 6 nitrogen and oxygen atoms in total. The smallest absolute Gasteiger partial charge is 0.146 e. The number of hydrogen-bond donors (Lipinski definition) is 2. The first-order valence-electron chi connectivity index (χ1n) is 10.9. The van der Waals surface area contributed by atoms with Crippen LogP contribution in [0.4, 0.5) is 15.9 Å². The minimum atomic E-state index is -0.338. The zero-order valence-electron chi connectivity index (χ0n) is 18.2. The van der Waals surface area contributed by atoms with Crippen molar-refractivity contribution in [1.82, 2.24) is 19.9 Å². The zero-order chi connectivity index (χ0) is 22.1. The van der Waals surface area contributed by atoms with Crippen LogP contribution in [0.25, 0.3) is 11.0 Å². The normalized spacial score (nSPS) is 14.0. The van der Waals surface area contributed by atoms with Crippen LogP contribution in [0.5, 0.6) is 5.75 Å². The first-order valence-corrected chi connectivity index (χ1v) is 10.9. The van der Waals surface area contributed by atoms with Crippen LogP contribution in [0, 0.1) is 5.82 Å². The lowest BCUT2D eigenvalue weighted by atomic mass is 10.0. The molecule has 0 radical (unpaired) electrons. The molecule has 4 aromatic rings. The monoisotopic (exact) mass is 431 g/mol. The molecule has 0 saturated carbocycles. The van der Waals surface area contributed by atoms with Crippen LogP contribution in [-0.4, -0.2) is 32.5 Å². The number of fused-ring (bicyclic) bond motifs is 3. The summed E-state index contributed by atoms with van der Waals surface area (Å²) in [5.41, 5.74) is 5.19. The van der Waals surface area contributed by atoms with Crippen molar-refractivity contribution in [3.05, 3.63) is 77.5 Å². The first kappa shape index (κ1) is 20.5. The molecule has 2 aromatic heterocycles. The average Bonchev–Trinajstić information content (AvgIpc) is 3.15. The molecule has 0 bridgehead atoms. The summed E-state index contributed by atoms with van der Waals surface area (Å²) in [6.45, 7) is 6.52. The molecule has 1 aliphatic heterocycles. The number of ether oxygens (including phenoxy) is 1. The van der Waals surface area contributed by atoms with Gasteiger partial charge in [-0.25, -0.2) is 14.4 Å². The van der Waals surface area contributed by atoms with E-state index in [0.29, 0.717) is 17.3 Å². The molecule has 2 aromatic carbocycles. The summed E-state index contributed by atoms with van der Waals surface area (Å²) >= 11 is 0. The average molecular weight is 432 g/mol. The number of anilines is 2. The number of rotatable bonds is 6. The molecule has 5 rings (SSSR count). The van der Waals surface area contributed by atoms with E-state index >= 15 is 0 Å². The van der Waals surface area contributed by atoms with Crippen molar-refractivity contribution >= 4 is 22.5 Å². The van der Waals surface area contributed by atoms with E-state index in [9.17, 15) is 4.39 Å². The molecule has 32 heavy (non-hydrogen) atoms. The van der Waals surface area contributed by atoms with E-state index in [0.717, 1.165) is 37.1 Å². The SMILES string of the molecule is CC(C)Oc1cc(F)ccc1Nc1ncnc2[nH]c3c(c12)CN(Cc1ccccc1)CC3. The van der Waals surface area contributed by atoms with Gasteiger partial charge in [0.25, 0.3) is 0 Å². The summed E-state index contributed by atoms with van der Waals surface area (Å²) < 4.78 is 19.7. The van der Waals surface area contributed by atoms with E-state index in [4.69, 9.17) is 4.74 Å². The van der Waals surface area contributed by atoms with Crippen LogP contribution in [0.1, 0.15) is 30.7 Å². The fraction of sp³-hybridized carbons (Fsp3) is 0.280. The van der Waals surface area contributed by atoms with Crippen molar-refractivity contribution in [1.29, 1.82) is 0 Å². The highest BCUT2D eigenvalue weighted by atomic mass is 19.1. The number of nitrogens with one attached hydrogen (secondary N) is 2. The highest BCUT2D eigenvalue weighted by molar-refractivity contribution is 5.93. The largest absolute Gasteiger partial charge is 0.489 e. The summed E-state index contributed by atoms with van der Waals surface area (Å²) in [4.78, 5) is 14.9. The number of nitrogens with zero attached hydrogens (tertiary/aromatic N) is 3. The predicted molar refractivity (Wildman–Crippen MR) is 124 cm³/mol. The molecule has 0 amide bonds. The van der Waals surface area contributed by atoms with Crippen LogP contribution in [0.2, 0.25) is 0 Å². The van der Waals surface area contributed by atoms with Crippen LogP contribution < -0.4 is 10.1 Å². The molecule has 0 aliphatic carbocycles. The second kappa shape index (κ2) is 8.59. The maximum absolute atomic E-state index is 13.8. The van der Waals surface area contributed by atoms with Gasteiger partial charge in [0.05, 0.1) is 17.2 Å². The minimum absolute atomic E-state index is 0.0747. The Balaban J connectivity index is 1.48. The molecule has 0 unspecified atom stereocenters. The first-order chi connectivity index (χ1) is 15.6. The molecule has 1 aliphatic rings. The Morgan fingerprint density at radius 1 is 1.16 bits per heavy atom. The Labute approximate surface area is 186 Å². The van der Waals surface area contributed by atoms with Crippen LogP contribution in [0.3, 0.4) is 0 Å². The molecule has 2 N–H and O–H groups in total. The van der Waals surface area contributed by atoms with Crippen molar-refractivity contribution in [3.63, 3.8) is 0 Å². The van der Waals surface area contributed by atoms with E-state index in [-0.39, 0.29) is 11.9 Å². The summed E-state index contributed by atoms with van der Waals surface area (Å²) in [6, 6.07) is 15.0. The number of H-pyrrole nitrogens is 1. The number of benzene rings is 2. The fourth-order valence-corrected chi connectivity index (χ4v) is 4.25. The molecular weight excluding hydrogens is 405 g/mol. The number of hydrogen-bond acceptors (Lipinski definition) is 5. The minimum Gasteiger partial charge on any atom is -0.489 e. The summed E-state index contributed by atoms with van der Waals surface area (Å²) in [6.07, 6.45) is 2.39. The summed E-state index contributed by atoms with van der Waals surface area (Å²) in [5.74, 6) is 0.811. The Bertz CT molecular complexity index is 1240. The van der Waals surface area contributed by atoms with Crippen molar-refractivity contribution < 1.29 is 9.13 Å². The Hall–Kier alpha value is -3.45. The lowest BCUT2D eigenvalue weighted by Crippen LogP contribution is -2.29. The van der Waals surface area contributed by atoms with E-state index in [1.54, 1.807) is 12.4 Å². The number of aromatic nitrogens is 3. The Morgan fingerprint density at radius 2 is 2.00 bits per heavy atom. The van der Waals surface area contributed by atoms with Crippen LogP contribution in [-0.2, 0) is 19.5 Å². The third-order valence-corrected chi connectivity index (χ3v) is 5.65. The third-order valence-electron chi connectivity index (χ3n) is 5.65. The van der Waals surface area contributed by atoms with Gasteiger partial charge in [0.2, 0.25) is 0 Å². The fourth-order valence-electron chi connectivity index (χ4n) is 4.25. The molecule has 7 heteroatoms. The van der Waals surface area contributed by atoms with Crippen LogP contribution in [0.15, 0.2) is 54.9 Å². The van der Waals surface area contributed by atoms with E-state index in [1.165, 1.54) is 29.0 Å². The van der Waals surface area contributed by atoms with E-state index in [2.05, 4.69) is 49.4 Å². The van der Waals surface area contributed by atoms with Gasteiger partial charge >= 0.3 is 0 Å². The Kier molecular flexibility index (Phi) is 5.49. The topological polar surface area (TPSA) is 66.1 Å². The Morgan fingerprint density at radius 3 is 2.81 bits per heavy atom. The lowest BCUT2D eigenvalue weighted by Gasteiger charge is -2.27. The molecule has 0 spiro atoms. The predicted octanol–water partition coefficient (Wildman–Crippen LogP) is 5.19. The van der Waals surface area contributed by atoms with E-state index < -0.39 is 0 Å². The summed E-state index contributed by atoms with van der Waals surface area (Å²) in [7, 11) is 0. The number of halogens is 1. The van der Waals surface area contributed by atoms with Gasteiger partial charge in [0.15, 0.2) is 0 Å². The lowest BCUT2D eigenvalue weighted by molar-refractivity contribution is 0.243. The number of aromatic amines is 1. The zero-order valence-corrected chi connectivity index (χ0v) is 18.2. The van der Waals surface area contributed by atoms with Crippen molar-refractivity contribution in [2.75, 3.05) is 11.9 Å². The van der Waals surface area contributed by atoms with Crippen molar-refractivity contribution in [2.45, 2.75) is 39.5 Å².